The Bertz CT molecular complexity index is 2610. The zero-order chi connectivity index (χ0) is 51.3. The van der Waals surface area contributed by atoms with Gasteiger partial charge in [0.15, 0.2) is 0 Å². The Hall–Kier alpha value is -5.32. The Morgan fingerprint density at radius 3 is 0.711 bits per heavy atom. The van der Waals surface area contributed by atoms with Crippen molar-refractivity contribution < 1.29 is 19.2 Å². The number of likely N-dealkylation sites (tertiary alicyclic amines) is 4. The van der Waals surface area contributed by atoms with E-state index in [0.29, 0.717) is 0 Å². The van der Waals surface area contributed by atoms with Crippen molar-refractivity contribution in [1.29, 1.82) is 0 Å². The summed E-state index contributed by atoms with van der Waals surface area (Å²) >= 11 is 0. The first-order valence-electron chi connectivity index (χ1n) is 28.7. The first-order chi connectivity index (χ1) is 37.5. The van der Waals surface area contributed by atoms with Crippen LogP contribution in [0, 0.1) is 0 Å². The van der Waals surface area contributed by atoms with E-state index < -0.39 is 15.8 Å². The summed E-state index contributed by atoms with van der Waals surface area (Å²) in [5.74, 6) is -0.274. The molecule has 13 rings (SSSR count). The zero-order valence-electron chi connectivity index (χ0n) is 43.9. The van der Waals surface area contributed by atoms with Crippen LogP contribution in [0.3, 0.4) is 0 Å². The molecule has 5 aromatic carbocycles. The molecule has 0 aromatic heterocycles. The fourth-order valence-electron chi connectivity index (χ4n) is 14.2. The molecule has 8 heterocycles. The summed E-state index contributed by atoms with van der Waals surface area (Å²) in [5, 5.41) is 13.1. The van der Waals surface area contributed by atoms with Gasteiger partial charge in [-0.05, 0) is 150 Å². The highest BCUT2D eigenvalue weighted by Gasteiger charge is 2.56. The molecule has 0 radical (unpaired) electrons. The quantitative estimate of drug-likeness (QED) is 0.128. The summed E-state index contributed by atoms with van der Waals surface area (Å²) in [6.45, 7) is 9.51. The van der Waals surface area contributed by atoms with Crippen molar-refractivity contribution in [1.82, 2.24) is 39.6 Å². The van der Waals surface area contributed by atoms with E-state index in [4.69, 9.17) is 0 Å². The Morgan fingerprint density at radius 1 is 0.276 bits per heavy atom. The molecule has 8 aliphatic heterocycles. The molecule has 5 aromatic rings. The Morgan fingerprint density at radius 2 is 0.474 bits per heavy atom. The van der Waals surface area contributed by atoms with Gasteiger partial charge in [-0.2, -0.15) is 0 Å². The molecule has 4 unspecified atom stereocenters. The average molecular weight is 1060 g/mol. The summed E-state index contributed by atoms with van der Waals surface area (Å²) < 4.78 is 0. The molecule has 0 aliphatic carbocycles. The molecule has 0 N–H and O–H groups in total. The average Bonchev–Trinajstić information content (AvgIpc) is 4.45. The van der Waals surface area contributed by atoms with Crippen LogP contribution in [0.2, 0.25) is 0 Å². The first-order valence-corrected chi connectivity index (χ1v) is 31.7. The van der Waals surface area contributed by atoms with Crippen molar-refractivity contribution in [2.45, 2.75) is 100 Å². The summed E-state index contributed by atoms with van der Waals surface area (Å²) in [5.41, 5.74) is 7.37. The van der Waals surface area contributed by atoms with Gasteiger partial charge in [0.05, 0.1) is 23.1 Å². The van der Waals surface area contributed by atoms with Gasteiger partial charge < -0.3 is 19.6 Å². The van der Waals surface area contributed by atoms with E-state index >= 15 is 19.2 Å². The van der Waals surface area contributed by atoms with Crippen molar-refractivity contribution in [2.24, 2.45) is 0 Å². The Balaban J connectivity index is 1.06. The molecule has 8 fully saturated rings. The number of amides is 4. The first kappa shape index (κ1) is 50.2. The van der Waals surface area contributed by atoms with E-state index in [1.807, 2.05) is 24.3 Å². The zero-order valence-corrected chi connectivity index (χ0v) is 45.7. The van der Waals surface area contributed by atoms with E-state index in [-0.39, 0.29) is 46.8 Å². The van der Waals surface area contributed by atoms with Crippen LogP contribution < -0.4 is 10.6 Å². The number of hydrogen-bond donors (Lipinski definition) is 0. The minimum Gasteiger partial charge on any atom is -0.339 e. The number of fused-ring (bicyclic) bond motifs is 2. The van der Waals surface area contributed by atoms with Gasteiger partial charge in [0, 0.05) is 101 Å². The lowest BCUT2D eigenvalue weighted by Gasteiger charge is -2.38. The van der Waals surface area contributed by atoms with Crippen LogP contribution >= 0.6 is 15.8 Å². The van der Waals surface area contributed by atoms with E-state index in [9.17, 15) is 0 Å². The minimum absolute atomic E-state index is 0.108. The van der Waals surface area contributed by atoms with Gasteiger partial charge >= 0.3 is 0 Å². The molecule has 0 saturated carbocycles. The van der Waals surface area contributed by atoms with E-state index in [1.54, 1.807) is 0 Å². The molecule has 0 spiro atoms. The molecule has 14 heteroatoms. The smallest absolute Gasteiger partial charge is 0.254 e. The number of hydrogen-bond acceptors (Lipinski definition) is 8. The van der Waals surface area contributed by atoms with E-state index in [0.717, 1.165) is 200 Å². The van der Waals surface area contributed by atoms with Crippen molar-refractivity contribution in [3.05, 3.63) is 166 Å². The second kappa shape index (κ2) is 21.8. The highest BCUT2D eigenvalue weighted by atomic mass is 31.1. The van der Waals surface area contributed by atoms with Crippen molar-refractivity contribution in [2.75, 3.05) is 78.5 Å². The normalized spacial score (nSPS) is 26.4. The highest BCUT2D eigenvalue weighted by Crippen LogP contribution is 2.74. The predicted molar refractivity (Wildman–Crippen MR) is 302 cm³/mol. The lowest BCUT2D eigenvalue weighted by molar-refractivity contribution is -0.0533. The van der Waals surface area contributed by atoms with Gasteiger partial charge in [0.25, 0.3) is 23.6 Å². The van der Waals surface area contributed by atoms with E-state index in [1.165, 1.54) is 10.6 Å². The van der Waals surface area contributed by atoms with Crippen LogP contribution in [0.1, 0.15) is 164 Å². The molecule has 0 bridgehead atoms. The number of carbonyl (C=O) groups excluding carboxylic acids is 4. The monoisotopic (exact) mass is 1050 g/mol. The van der Waals surface area contributed by atoms with Gasteiger partial charge in [-0.15, -0.1) is 0 Å². The minimum atomic E-state index is -1.33. The molecule has 76 heavy (non-hydrogen) atoms. The third-order valence-electron chi connectivity index (χ3n) is 17.8. The molecule has 12 nitrogen and oxygen atoms in total. The topological polar surface area (TPSA) is 94.2 Å². The summed E-state index contributed by atoms with van der Waals surface area (Å²) in [4.78, 5) is 68.4. The second-order valence-corrected chi connectivity index (χ2v) is 26.8. The maximum absolute atomic E-state index is 15.0. The van der Waals surface area contributed by atoms with Crippen LogP contribution in [0.4, 0.5) is 0 Å². The molecular weight excluding hydrogens is 983 g/mol. The summed E-state index contributed by atoms with van der Waals surface area (Å²) in [6.07, 6.45) is 12.2. The fraction of sp³-hybridized carbons (Fsp3) is 0.452. The number of rotatable bonds is 10. The second-order valence-electron chi connectivity index (χ2n) is 22.2. The fourth-order valence-corrected chi connectivity index (χ4v) is 21.9. The Kier molecular flexibility index (Phi) is 14.4. The predicted octanol–water partition coefficient (Wildman–Crippen LogP) is 10.3. The third kappa shape index (κ3) is 8.93. The van der Waals surface area contributed by atoms with Crippen LogP contribution in [0.5, 0.6) is 0 Å². The summed E-state index contributed by atoms with van der Waals surface area (Å²) in [6, 6.07) is 43.2. The third-order valence-corrected chi connectivity index (χ3v) is 24.1. The van der Waals surface area contributed by atoms with Gasteiger partial charge in [-0.3, -0.25) is 19.2 Å². The van der Waals surface area contributed by atoms with Crippen molar-refractivity contribution >= 4 is 50.1 Å². The lowest BCUT2D eigenvalue weighted by Crippen LogP contribution is -2.44. The summed E-state index contributed by atoms with van der Waals surface area (Å²) in [7, 11) is -2.65. The number of nitrogens with zero attached hydrogens (tertiary/aromatic N) is 8. The van der Waals surface area contributed by atoms with Crippen LogP contribution in [-0.2, 0) is 0 Å². The number of hydrazine groups is 2. The molecule has 394 valence electrons. The van der Waals surface area contributed by atoms with Crippen LogP contribution in [-0.4, -0.2) is 142 Å². The molecule has 4 atom stereocenters. The number of carbonyl (C=O) groups is 4. The van der Waals surface area contributed by atoms with E-state index in [2.05, 4.69) is 137 Å². The van der Waals surface area contributed by atoms with Crippen LogP contribution in [0.15, 0.2) is 121 Å². The Labute approximate surface area is 451 Å². The SMILES string of the molecule is O=C(c1ccccc1C1N2CCCCN2C(c2ccccc2C(=O)N2CCCC2)P1c1ccccc1P1C(c2ccccc2C(=O)N2CCCC2)N2CCCCN2C1c1ccccc1C(=O)N1CCCC1)N1CCCC1. The largest absolute Gasteiger partial charge is 0.339 e. The molecule has 4 amide bonds. The maximum atomic E-state index is 15.0. The van der Waals surface area contributed by atoms with Gasteiger partial charge in [0.2, 0.25) is 0 Å². The molecule has 8 aliphatic rings. The van der Waals surface area contributed by atoms with Crippen molar-refractivity contribution in [3.8, 4) is 0 Å². The van der Waals surface area contributed by atoms with Gasteiger partial charge in [-0.25, -0.2) is 20.0 Å². The molecule has 8 saturated heterocycles. The van der Waals surface area contributed by atoms with Crippen LogP contribution in [0.25, 0.3) is 0 Å². The standard InChI is InChI=1S/C62H72N8O4P2/c71-55(63-33-11-12-34-63)45-23-1-5-27-49(45)59-67-41-19-20-42-68(67)60(50-28-6-2-24-46(50)56(72)64-35-13-14-36-64)75(59)53-31-9-10-32-54(53)76-61(51-29-7-3-25-47(51)57(73)65-37-15-16-38-65)69-43-21-22-44-70(69)62(76)52-30-8-4-26-48(52)58(74)66-39-17-18-40-66/h1-10,23-32,59-62H,11-22,33-44H2. The lowest BCUT2D eigenvalue weighted by atomic mass is 10.0. The number of benzene rings is 5. The van der Waals surface area contributed by atoms with Gasteiger partial charge in [0.1, 0.15) is 0 Å². The molecular formula is C62H72N8O4P2. The van der Waals surface area contributed by atoms with Crippen molar-refractivity contribution in [3.63, 3.8) is 0 Å². The highest BCUT2D eigenvalue weighted by molar-refractivity contribution is 7.72. The van der Waals surface area contributed by atoms with Gasteiger partial charge in [-0.1, -0.05) is 97.1 Å². The maximum Gasteiger partial charge on any atom is 0.254 e.